The highest BCUT2D eigenvalue weighted by atomic mass is 16.5. The van der Waals surface area contributed by atoms with Gasteiger partial charge in [-0.05, 0) is 37.5 Å². The second kappa shape index (κ2) is 9.40. The summed E-state index contributed by atoms with van der Waals surface area (Å²) in [6, 6.07) is 11.6. The number of nitrogens with zero attached hydrogens (tertiary/aromatic N) is 1. The maximum Gasteiger partial charge on any atom is 0.246 e. The molecule has 7 heteroatoms. The minimum absolute atomic E-state index is 0.0882. The van der Waals surface area contributed by atoms with Gasteiger partial charge >= 0.3 is 0 Å². The number of amides is 2. The van der Waals surface area contributed by atoms with Crippen LogP contribution in [0.3, 0.4) is 0 Å². The summed E-state index contributed by atoms with van der Waals surface area (Å²) in [5.41, 5.74) is 9.50. The number of nitrogens with two attached hydrogens (primary N) is 1. The van der Waals surface area contributed by atoms with Crippen LogP contribution in [0.5, 0.6) is 11.5 Å². The van der Waals surface area contributed by atoms with Gasteiger partial charge in [-0.3, -0.25) is 9.59 Å². The number of benzene rings is 2. The highest BCUT2D eigenvalue weighted by Crippen LogP contribution is 2.40. The molecule has 1 fully saturated rings. The quantitative estimate of drug-likeness (QED) is 0.569. The fourth-order valence-corrected chi connectivity index (χ4v) is 4.35. The van der Waals surface area contributed by atoms with E-state index in [1.54, 1.807) is 31.5 Å². The molecular formula is C26H28N2O5. The predicted octanol–water partition coefficient (Wildman–Crippen LogP) is 4.24. The fourth-order valence-electron chi connectivity index (χ4n) is 4.35. The largest absolute Gasteiger partial charge is 0.496 e. The summed E-state index contributed by atoms with van der Waals surface area (Å²) in [5.74, 6) is 0.834. The third-order valence-corrected chi connectivity index (χ3v) is 6.27. The first kappa shape index (κ1) is 22.5. The number of fused-ring (bicyclic) bond motifs is 1. The fraction of sp³-hybridized carbons (Fsp3) is 0.308. The number of primary amides is 1. The Morgan fingerprint density at radius 3 is 2.42 bits per heavy atom. The monoisotopic (exact) mass is 448 g/mol. The summed E-state index contributed by atoms with van der Waals surface area (Å²) in [4.78, 5) is 26.1. The number of likely N-dealkylation sites (tertiary alicyclic amines) is 1. The van der Waals surface area contributed by atoms with Crippen LogP contribution in [0.2, 0.25) is 0 Å². The number of hydrogen-bond acceptors (Lipinski definition) is 5. The highest BCUT2D eigenvalue weighted by Gasteiger charge is 2.25. The van der Waals surface area contributed by atoms with Crippen LogP contribution in [0.15, 0.2) is 53.2 Å². The second-order valence-corrected chi connectivity index (χ2v) is 8.23. The summed E-state index contributed by atoms with van der Waals surface area (Å²) < 4.78 is 16.9. The number of piperidine rings is 1. The van der Waals surface area contributed by atoms with E-state index in [9.17, 15) is 9.59 Å². The van der Waals surface area contributed by atoms with Crippen molar-refractivity contribution in [3.63, 3.8) is 0 Å². The van der Waals surface area contributed by atoms with Crippen molar-refractivity contribution >= 4 is 28.4 Å². The molecule has 0 radical (unpaired) electrons. The van der Waals surface area contributed by atoms with Crippen molar-refractivity contribution in [2.75, 3.05) is 27.3 Å². The number of allylic oxidation sites excluding steroid dienone is 1. The van der Waals surface area contributed by atoms with Gasteiger partial charge in [-0.1, -0.05) is 18.2 Å². The molecule has 4 rings (SSSR count). The molecule has 0 spiro atoms. The molecule has 0 bridgehead atoms. The Labute approximate surface area is 192 Å². The number of para-hydroxylation sites is 1. The van der Waals surface area contributed by atoms with E-state index in [0.29, 0.717) is 37.3 Å². The van der Waals surface area contributed by atoms with Gasteiger partial charge in [0.25, 0.3) is 0 Å². The summed E-state index contributed by atoms with van der Waals surface area (Å²) in [5, 5.41) is 0.901. The number of furan rings is 1. The predicted molar refractivity (Wildman–Crippen MR) is 127 cm³/mol. The molecule has 33 heavy (non-hydrogen) atoms. The summed E-state index contributed by atoms with van der Waals surface area (Å²) in [7, 11) is 3.23. The van der Waals surface area contributed by atoms with Crippen molar-refractivity contribution in [1.29, 1.82) is 0 Å². The molecular weight excluding hydrogens is 420 g/mol. The summed E-state index contributed by atoms with van der Waals surface area (Å²) in [6.45, 7) is 2.93. The van der Waals surface area contributed by atoms with E-state index in [4.69, 9.17) is 19.6 Å². The zero-order valence-electron chi connectivity index (χ0n) is 19.1. The number of carbonyl (C=O) groups is 2. The van der Waals surface area contributed by atoms with Crippen molar-refractivity contribution in [1.82, 2.24) is 4.90 Å². The Balaban J connectivity index is 1.68. The van der Waals surface area contributed by atoms with Crippen LogP contribution in [0.4, 0.5) is 0 Å². The molecule has 172 valence electrons. The number of ether oxygens (including phenoxy) is 2. The maximum absolute atomic E-state index is 12.9. The maximum atomic E-state index is 12.9. The third-order valence-electron chi connectivity index (χ3n) is 6.27. The number of carbonyl (C=O) groups excluding carboxylic acids is 2. The van der Waals surface area contributed by atoms with Crippen LogP contribution in [-0.4, -0.2) is 44.0 Å². The zero-order valence-corrected chi connectivity index (χ0v) is 19.1. The number of rotatable bonds is 6. The van der Waals surface area contributed by atoms with Crippen molar-refractivity contribution in [2.24, 2.45) is 11.7 Å². The lowest BCUT2D eigenvalue weighted by molar-refractivity contribution is -0.130. The Bertz CT molecular complexity index is 1220. The van der Waals surface area contributed by atoms with E-state index in [-0.39, 0.29) is 17.7 Å². The zero-order chi connectivity index (χ0) is 23.5. The molecule has 2 N–H and O–H groups in total. The lowest BCUT2D eigenvalue weighted by Crippen LogP contribution is -2.41. The summed E-state index contributed by atoms with van der Waals surface area (Å²) in [6.07, 6.45) is 4.52. The molecule has 0 unspecified atom stereocenters. The Kier molecular flexibility index (Phi) is 6.40. The lowest BCUT2D eigenvalue weighted by atomic mass is 9.96. The van der Waals surface area contributed by atoms with Crippen LogP contribution in [0, 0.1) is 5.92 Å². The molecule has 0 atom stereocenters. The van der Waals surface area contributed by atoms with Gasteiger partial charge in [-0.25, -0.2) is 0 Å². The van der Waals surface area contributed by atoms with Gasteiger partial charge < -0.3 is 24.5 Å². The minimum atomic E-state index is -0.294. The van der Waals surface area contributed by atoms with E-state index >= 15 is 0 Å². The number of hydrogen-bond donors (Lipinski definition) is 1. The molecule has 0 aliphatic carbocycles. The smallest absolute Gasteiger partial charge is 0.246 e. The van der Waals surface area contributed by atoms with Crippen LogP contribution in [-0.2, 0) is 9.59 Å². The van der Waals surface area contributed by atoms with E-state index in [1.165, 1.54) is 0 Å². The van der Waals surface area contributed by atoms with Gasteiger partial charge in [-0.2, -0.15) is 0 Å². The van der Waals surface area contributed by atoms with Gasteiger partial charge in [0.15, 0.2) is 0 Å². The Morgan fingerprint density at radius 1 is 1.06 bits per heavy atom. The Morgan fingerprint density at radius 2 is 1.76 bits per heavy atom. The average molecular weight is 449 g/mol. The molecule has 1 aromatic heterocycles. The molecule has 0 saturated carbocycles. The third kappa shape index (κ3) is 4.44. The average Bonchev–Trinajstić information content (AvgIpc) is 3.25. The van der Waals surface area contributed by atoms with Crippen LogP contribution in [0.25, 0.3) is 27.7 Å². The van der Waals surface area contributed by atoms with Crippen molar-refractivity contribution < 1.29 is 23.5 Å². The highest BCUT2D eigenvalue weighted by molar-refractivity contribution is 6.01. The molecule has 1 aliphatic heterocycles. The van der Waals surface area contributed by atoms with Gasteiger partial charge in [0.1, 0.15) is 17.1 Å². The van der Waals surface area contributed by atoms with E-state index < -0.39 is 0 Å². The van der Waals surface area contributed by atoms with Crippen molar-refractivity contribution in [3.05, 3.63) is 54.3 Å². The summed E-state index contributed by atoms with van der Waals surface area (Å²) >= 11 is 0. The first-order chi connectivity index (χ1) is 15.9. The first-order valence-electron chi connectivity index (χ1n) is 10.9. The molecule has 7 nitrogen and oxygen atoms in total. The topological polar surface area (TPSA) is 95.0 Å². The van der Waals surface area contributed by atoms with Crippen LogP contribution in [0.1, 0.15) is 25.3 Å². The normalized spacial score (nSPS) is 15.0. The Hall–Kier alpha value is -3.74. The molecule has 1 aliphatic rings. The molecule has 2 heterocycles. The van der Waals surface area contributed by atoms with Crippen molar-refractivity contribution in [3.8, 4) is 22.6 Å². The van der Waals surface area contributed by atoms with E-state index in [1.807, 2.05) is 43.3 Å². The van der Waals surface area contributed by atoms with Gasteiger partial charge in [0.05, 0.1) is 20.5 Å². The van der Waals surface area contributed by atoms with Gasteiger partial charge in [0.2, 0.25) is 11.8 Å². The van der Waals surface area contributed by atoms with Gasteiger partial charge in [-0.15, -0.1) is 0 Å². The molecule has 2 aromatic carbocycles. The molecule has 3 aromatic rings. The SMILES string of the molecule is COc1cc2occ(-c3ccccc3OC)c2cc1/C(C)=C/C(=O)N1CCC(C(N)=O)CC1. The van der Waals surface area contributed by atoms with Gasteiger partial charge in [0, 0.05) is 53.2 Å². The molecule has 1 saturated heterocycles. The minimum Gasteiger partial charge on any atom is -0.496 e. The number of methoxy groups -OCH3 is 2. The first-order valence-corrected chi connectivity index (χ1v) is 10.9. The lowest BCUT2D eigenvalue weighted by Gasteiger charge is -2.30. The second-order valence-electron chi connectivity index (χ2n) is 8.23. The van der Waals surface area contributed by atoms with Crippen LogP contribution >= 0.6 is 0 Å². The van der Waals surface area contributed by atoms with Crippen LogP contribution < -0.4 is 15.2 Å². The standard InChI is InChI=1S/C26H28N2O5/c1-16(12-25(29)28-10-8-17(9-11-28)26(27)30)19-13-20-21(15-33-24(20)14-23(19)32-3)18-6-4-5-7-22(18)31-2/h4-7,12-15,17H,8-11H2,1-3H3,(H2,27,30)/b16-12+. The molecule has 2 amide bonds. The van der Waals surface area contributed by atoms with E-state index in [2.05, 4.69) is 0 Å². The van der Waals surface area contributed by atoms with Crippen molar-refractivity contribution in [2.45, 2.75) is 19.8 Å². The van der Waals surface area contributed by atoms with E-state index in [0.717, 1.165) is 33.4 Å².